The lowest BCUT2D eigenvalue weighted by molar-refractivity contribution is 0.412. The van der Waals surface area contributed by atoms with E-state index in [1.54, 1.807) is 30.3 Å². The van der Waals surface area contributed by atoms with Crippen molar-refractivity contribution in [1.29, 1.82) is 0 Å². The summed E-state index contributed by atoms with van der Waals surface area (Å²) in [4.78, 5) is 0.233. The minimum Gasteiger partial charge on any atom is -0.378 e. The second kappa shape index (κ2) is 6.53. The van der Waals surface area contributed by atoms with E-state index in [-0.39, 0.29) is 4.90 Å². The molecule has 0 unspecified atom stereocenters. The summed E-state index contributed by atoms with van der Waals surface area (Å²) in [6, 6.07) is 8.49. The largest absolute Gasteiger partial charge is 0.378 e. The highest BCUT2D eigenvalue weighted by Crippen LogP contribution is 2.21. The van der Waals surface area contributed by atoms with E-state index in [1.807, 2.05) is 6.92 Å². The predicted octanol–water partition coefficient (Wildman–Crippen LogP) is 1.98. The van der Waals surface area contributed by atoms with E-state index in [1.165, 1.54) is 6.26 Å². The number of hydrogen-bond donors (Lipinski definition) is 2. The van der Waals surface area contributed by atoms with Gasteiger partial charge in [0.1, 0.15) is 16.9 Å². The average molecular weight is 295 g/mol. The van der Waals surface area contributed by atoms with Gasteiger partial charge >= 0.3 is 0 Å². The van der Waals surface area contributed by atoms with E-state index in [0.29, 0.717) is 24.5 Å². The number of rotatable bonds is 7. The minimum atomic E-state index is -3.50. The molecule has 1 aromatic heterocycles. The quantitative estimate of drug-likeness (QED) is 0.816. The van der Waals surface area contributed by atoms with Crippen LogP contribution in [0.25, 0.3) is 0 Å². The van der Waals surface area contributed by atoms with Crippen molar-refractivity contribution in [3.63, 3.8) is 0 Å². The van der Waals surface area contributed by atoms with Crippen molar-refractivity contribution in [3.8, 4) is 0 Å². The van der Waals surface area contributed by atoms with Gasteiger partial charge in [-0.1, -0.05) is 24.2 Å². The first-order valence-electron chi connectivity index (χ1n) is 6.35. The highest BCUT2D eigenvalue weighted by molar-refractivity contribution is 7.89. The molecular formula is C13H17N3O3S. The van der Waals surface area contributed by atoms with Gasteiger partial charge in [-0.25, -0.2) is 13.1 Å². The van der Waals surface area contributed by atoms with E-state index >= 15 is 0 Å². The van der Waals surface area contributed by atoms with Gasteiger partial charge in [0.2, 0.25) is 10.0 Å². The van der Waals surface area contributed by atoms with E-state index in [9.17, 15) is 8.42 Å². The van der Waals surface area contributed by atoms with Crippen LogP contribution in [0.5, 0.6) is 0 Å². The third kappa shape index (κ3) is 3.58. The predicted molar refractivity (Wildman–Crippen MR) is 75.8 cm³/mol. The number of benzene rings is 1. The van der Waals surface area contributed by atoms with E-state index in [2.05, 4.69) is 15.2 Å². The standard InChI is InChI=1S/C13H17N3O3S/c1-2-8-15-20(17,18)13-6-4-3-5-12(13)14-10-11-7-9-19-16-11/h3-7,9,14-15H,2,8,10H2,1H3. The topological polar surface area (TPSA) is 84.2 Å². The van der Waals surface area contributed by atoms with Crippen molar-refractivity contribution in [2.75, 3.05) is 11.9 Å². The summed E-state index contributed by atoms with van der Waals surface area (Å²) in [6.07, 6.45) is 2.22. The average Bonchev–Trinajstić information content (AvgIpc) is 2.96. The molecule has 0 fully saturated rings. The lowest BCUT2D eigenvalue weighted by Crippen LogP contribution is -2.25. The summed E-state index contributed by atoms with van der Waals surface area (Å²) in [5.74, 6) is 0. The fraction of sp³-hybridized carbons (Fsp3) is 0.308. The summed E-state index contributed by atoms with van der Waals surface area (Å²) in [6.45, 7) is 2.73. The molecule has 0 atom stereocenters. The monoisotopic (exact) mass is 295 g/mol. The molecule has 0 aliphatic carbocycles. The molecule has 20 heavy (non-hydrogen) atoms. The van der Waals surface area contributed by atoms with Gasteiger partial charge in [-0.05, 0) is 18.6 Å². The van der Waals surface area contributed by atoms with Crippen LogP contribution < -0.4 is 10.0 Å². The first-order valence-corrected chi connectivity index (χ1v) is 7.83. The summed E-state index contributed by atoms with van der Waals surface area (Å²) in [5, 5.41) is 6.83. The fourth-order valence-corrected chi connectivity index (χ4v) is 2.99. The zero-order chi connectivity index (χ0) is 14.4. The highest BCUT2D eigenvalue weighted by Gasteiger charge is 2.17. The molecule has 7 heteroatoms. The highest BCUT2D eigenvalue weighted by atomic mass is 32.2. The molecule has 0 amide bonds. The molecule has 0 aliphatic heterocycles. The number of anilines is 1. The summed E-state index contributed by atoms with van der Waals surface area (Å²) in [7, 11) is -3.50. The van der Waals surface area contributed by atoms with Crippen LogP contribution in [0.1, 0.15) is 19.0 Å². The van der Waals surface area contributed by atoms with Gasteiger partial charge in [0.25, 0.3) is 0 Å². The Morgan fingerprint density at radius 3 is 2.75 bits per heavy atom. The van der Waals surface area contributed by atoms with Crippen LogP contribution in [-0.2, 0) is 16.6 Å². The number of nitrogens with zero attached hydrogens (tertiary/aromatic N) is 1. The van der Waals surface area contributed by atoms with Gasteiger partial charge in [-0.3, -0.25) is 0 Å². The molecule has 6 nitrogen and oxygen atoms in total. The molecule has 0 aliphatic rings. The van der Waals surface area contributed by atoms with Gasteiger partial charge in [-0.2, -0.15) is 0 Å². The lowest BCUT2D eigenvalue weighted by atomic mass is 10.3. The Morgan fingerprint density at radius 1 is 1.25 bits per heavy atom. The van der Waals surface area contributed by atoms with Gasteiger partial charge < -0.3 is 9.84 Å². The number of hydrogen-bond acceptors (Lipinski definition) is 5. The zero-order valence-corrected chi connectivity index (χ0v) is 12.0. The van der Waals surface area contributed by atoms with E-state index in [0.717, 1.165) is 6.42 Å². The molecule has 0 radical (unpaired) electrons. The number of nitrogens with one attached hydrogen (secondary N) is 2. The molecule has 0 spiro atoms. The van der Waals surface area contributed by atoms with Crippen molar-refractivity contribution in [3.05, 3.63) is 42.3 Å². The molecule has 2 N–H and O–H groups in total. The minimum absolute atomic E-state index is 0.233. The molecular weight excluding hydrogens is 278 g/mol. The van der Waals surface area contributed by atoms with Gasteiger partial charge in [0, 0.05) is 12.6 Å². The second-order valence-corrected chi connectivity index (χ2v) is 5.97. The van der Waals surface area contributed by atoms with Crippen molar-refractivity contribution in [2.24, 2.45) is 0 Å². The number of aromatic nitrogens is 1. The SMILES string of the molecule is CCCNS(=O)(=O)c1ccccc1NCc1ccon1. The van der Waals surface area contributed by atoms with Crippen LogP contribution in [0.15, 0.2) is 46.0 Å². The summed E-state index contributed by atoms with van der Waals surface area (Å²) < 4.78 is 31.7. The lowest BCUT2D eigenvalue weighted by Gasteiger charge is -2.12. The Hall–Kier alpha value is -1.86. The van der Waals surface area contributed by atoms with Crippen molar-refractivity contribution in [1.82, 2.24) is 9.88 Å². The molecule has 2 rings (SSSR count). The Bertz CT molecular complexity index is 639. The maximum atomic E-state index is 12.2. The van der Waals surface area contributed by atoms with Crippen molar-refractivity contribution < 1.29 is 12.9 Å². The second-order valence-electron chi connectivity index (χ2n) is 4.24. The van der Waals surface area contributed by atoms with Gasteiger partial charge in [0.05, 0.1) is 12.2 Å². The van der Waals surface area contributed by atoms with Crippen LogP contribution in [0.3, 0.4) is 0 Å². The van der Waals surface area contributed by atoms with Crippen molar-refractivity contribution >= 4 is 15.7 Å². The Kier molecular flexibility index (Phi) is 4.75. The number of para-hydroxylation sites is 1. The summed E-state index contributed by atoms with van der Waals surface area (Å²) >= 11 is 0. The van der Waals surface area contributed by atoms with Crippen LogP contribution in [0, 0.1) is 0 Å². The molecule has 0 bridgehead atoms. The maximum absolute atomic E-state index is 12.2. The molecule has 1 aromatic carbocycles. The van der Waals surface area contributed by atoms with Crippen LogP contribution in [-0.4, -0.2) is 20.1 Å². The Labute approximate surface area is 118 Å². The molecule has 1 heterocycles. The van der Waals surface area contributed by atoms with Gasteiger partial charge in [0.15, 0.2) is 0 Å². The molecule has 0 saturated carbocycles. The normalized spacial score (nSPS) is 11.4. The maximum Gasteiger partial charge on any atom is 0.242 e. The fourth-order valence-electron chi connectivity index (χ4n) is 1.68. The van der Waals surface area contributed by atoms with Crippen LogP contribution in [0.2, 0.25) is 0 Å². The first kappa shape index (κ1) is 14.5. The van der Waals surface area contributed by atoms with Gasteiger partial charge in [-0.15, -0.1) is 0 Å². The third-order valence-corrected chi connectivity index (χ3v) is 4.19. The molecule has 2 aromatic rings. The van der Waals surface area contributed by atoms with Crippen molar-refractivity contribution in [2.45, 2.75) is 24.8 Å². The zero-order valence-electron chi connectivity index (χ0n) is 11.2. The van der Waals surface area contributed by atoms with E-state index < -0.39 is 10.0 Å². The smallest absolute Gasteiger partial charge is 0.242 e. The Morgan fingerprint density at radius 2 is 2.05 bits per heavy atom. The third-order valence-electron chi connectivity index (χ3n) is 2.67. The van der Waals surface area contributed by atoms with Crippen LogP contribution >= 0.6 is 0 Å². The molecule has 0 saturated heterocycles. The summed E-state index contributed by atoms with van der Waals surface area (Å²) in [5.41, 5.74) is 1.25. The Balaban J connectivity index is 2.17. The van der Waals surface area contributed by atoms with E-state index in [4.69, 9.17) is 4.52 Å². The molecule has 108 valence electrons. The van der Waals surface area contributed by atoms with Crippen LogP contribution in [0.4, 0.5) is 5.69 Å². The first-order chi connectivity index (χ1) is 9.63. The number of sulfonamides is 1.